The van der Waals surface area contributed by atoms with Crippen LogP contribution in [0.5, 0.6) is 11.5 Å². The second-order valence-electron chi connectivity index (χ2n) is 3.38. The number of hydrogen-bond donors (Lipinski definition) is 0. The maximum atomic E-state index is 5.57. The first-order valence-corrected chi connectivity index (χ1v) is 5.43. The van der Waals surface area contributed by atoms with E-state index in [2.05, 4.69) is 10.2 Å². The molecule has 0 atom stereocenters. The van der Waals surface area contributed by atoms with Gasteiger partial charge in [-0.05, 0) is 19.1 Å². The normalized spacial score (nSPS) is 10.2. The van der Waals surface area contributed by atoms with E-state index in [0.29, 0.717) is 29.9 Å². The van der Waals surface area contributed by atoms with Gasteiger partial charge in [-0.15, -0.1) is 10.2 Å². The molecule has 0 aliphatic heterocycles. The zero-order chi connectivity index (χ0) is 12.1. The molecule has 1 aromatic heterocycles. The van der Waals surface area contributed by atoms with Crippen molar-refractivity contribution in [3.63, 3.8) is 0 Å². The summed E-state index contributed by atoms with van der Waals surface area (Å²) in [7, 11) is 0. The lowest BCUT2D eigenvalue weighted by Gasteiger charge is -2.09. The van der Waals surface area contributed by atoms with Gasteiger partial charge < -0.3 is 13.9 Å². The molecule has 2 aromatic rings. The number of ether oxygens (including phenoxy) is 2. The monoisotopic (exact) mass is 234 g/mol. The Morgan fingerprint density at radius 3 is 2.41 bits per heavy atom. The Kier molecular flexibility index (Phi) is 3.59. The molecule has 0 saturated carbocycles. The minimum atomic E-state index is 0.241. The van der Waals surface area contributed by atoms with Gasteiger partial charge in [0, 0.05) is 6.92 Å². The summed E-state index contributed by atoms with van der Waals surface area (Å²) in [6.45, 7) is 4.51. The predicted octanol–water partition coefficient (Wildman–Crippen LogP) is 2.36. The molecule has 0 fully saturated rings. The lowest BCUT2D eigenvalue weighted by Crippen LogP contribution is -1.99. The SMILES string of the molecule is CCOc1ccccc1OCc1nnc(C)o1. The van der Waals surface area contributed by atoms with Gasteiger partial charge in [-0.3, -0.25) is 0 Å². The van der Waals surface area contributed by atoms with E-state index in [4.69, 9.17) is 13.9 Å². The molecule has 0 saturated heterocycles. The minimum Gasteiger partial charge on any atom is -0.490 e. The van der Waals surface area contributed by atoms with E-state index in [1.54, 1.807) is 6.92 Å². The lowest BCUT2D eigenvalue weighted by molar-refractivity contribution is 0.240. The van der Waals surface area contributed by atoms with Crippen molar-refractivity contribution in [1.82, 2.24) is 10.2 Å². The number of aryl methyl sites for hydroxylation is 1. The van der Waals surface area contributed by atoms with E-state index >= 15 is 0 Å². The molecule has 0 aliphatic rings. The van der Waals surface area contributed by atoms with Crippen molar-refractivity contribution in [2.24, 2.45) is 0 Å². The maximum absolute atomic E-state index is 5.57. The number of rotatable bonds is 5. The summed E-state index contributed by atoms with van der Waals surface area (Å²) in [5, 5.41) is 7.58. The summed E-state index contributed by atoms with van der Waals surface area (Å²) >= 11 is 0. The van der Waals surface area contributed by atoms with Crippen LogP contribution >= 0.6 is 0 Å². The highest BCUT2D eigenvalue weighted by Crippen LogP contribution is 2.26. The van der Waals surface area contributed by atoms with E-state index in [1.165, 1.54) is 0 Å². The third-order valence-electron chi connectivity index (χ3n) is 2.07. The van der Waals surface area contributed by atoms with Crippen LogP contribution in [0, 0.1) is 6.92 Å². The Morgan fingerprint density at radius 1 is 1.12 bits per heavy atom. The zero-order valence-corrected chi connectivity index (χ0v) is 9.84. The fraction of sp³-hybridized carbons (Fsp3) is 0.333. The second kappa shape index (κ2) is 5.34. The number of nitrogens with zero attached hydrogens (tertiary/aromatic N) is 2. The average molecular weight is 234 g/mol. The summed E-state index contributed by atoms with van der Waals surface area (Å²) in [5.41, 5.74) is 0. The number of para-hydroxylation sites is 2. The second-order valence-corrected chi connectivity index (χ2v) is 3.38. The van der Waals surface area contributed by atoms with Gasteiger partial charge in [-0.2, -0.15) is 0 Å². The predicted molar refractivity (Wildman–Crippen MR) is 61.0 cm³/mol. The molecule has 2 rings (SSSR count). The quantitative estimate of drug-likeness (QED) is 0.794. The van der Waals surface area contributed by atoms with Crippen LogP contribution in [0.25, 0.3) is 0 Å². The number of aromatic nitrogens is 2. The first-order valence-electron chi connectivity index (χ1n) is 5.43. The Labute approximate surface area is 99.4 Å². The van der Waals surface area contributed by atoms with E-state index < -0.39 is 0 Å². The van der Waals surface area contributed by atoms with E-state index in [0.717, 1.165) is 0 Å². The summed E-state index contributed by atoms with van der Waals surface area (Å²) in [4.78, 5) is 0. The Balaban J connectivity index is 2.03. The standard InChI is InChI=1S/C12H14N2O3/c1-3-15-10-6-4-5-7-11(10)16-8-12-14-13-9(2)17-12/h4-7H,3,8H2,1-2H3. The fourth-order valence-electron chi connectivity index (χ4n) is 1.38. The summed E-state index contributed by atoms with van der Waals surface area (Å²) in [6.07, 6.45) is 0. The van der Waals surface area contributed by atoms with Crippen LogP contribution in [0.3, 0.4) is 0 Å². The van der Waals surface area contributed by atoms with Crippen molar-refractivity contribution >= 4 is 0 Å². The van der Waals surface area contributed by atoms with Gasteiger partial charge >= 0.3 is 0 Å². The minimum absolute atomic E-state index is 0.241. The molecule has 17 heavy (non-hydrogen) atoms. The highest BCUT2D eigenvalue weighted by molar-refractivity contribution is 5.39. The highest BCUT2D eigenvalue weighted by Gasteiger charge is 2.07. The van der Waals surface area contributed by atoms with Crippen molar-refractivity contribution in [1.29, 1.82) is 0 Å². The molecule has 0 N–H and O–H groups in total. The average Bonchev–Trinajstić information content (AvgIpc) is 2.74. The zero-order valence-electron chi connectivity index (χ0n) is 9.84. The molecule has 1 aromatic carbocycles. The smallest absolute Gasteiger partial charge is 0.253 e. The van der Waals surface area contributed by atoms with E-state index in [-0.39, 0.29) is 6.61 Å². The molecular formula is C12H14N2O3. The molecule has 0 unspecified atom stereocenters. The van der Waals surface area contributed by atoms with Crippen LogP contribution in [0.2, 0.25) is 0 Å². The Hall–Kier alpha value is -2.04. The van der Waals surface area contributed by atoms with Gasteiger partial charge in [0.15, 0.2) is 18.1 Å². The molecule has 1 heterocycles. The molecular weight excluding hydrogens is 220 g/mol. The van der Waals surface area contributed by atoms with Crippen molar-refractivity contribution in [3.05, 3.63) is 36.0 Å². The van der Waals surface area contributed by atoms with Gasteiger partial charge in [0.1, 0.15) is 0 Å². The first-order chi connectivity index (χ1) is 8.29. The number of hydrogen-bond acceptors (Lipinski definition) is 5. The highest BCUT2D eigenvalue weighted by atomic mass is 16.5. The molecule has 0 aliphatic carbocycles. The van der Waals surface area contributed by atoms with Crippen LogP contribution in [0.15, 0.2) is 28.7 Å². The molecule has 90 valence electrons. The van der Waals surface area contributed by atoms with Gasteiger partial charge in [-0.1, -0.05) is 12.1 Å². The van der Waals surface area contributed by atoms with Crippen LogP contribution < -0.4 is 9.47 Å². The molecule has 5 nitrogen and oxygen atoms in total. The van der Waals surface area contributed by atoms with Gasteiger partial charge in [0.2, 0.25) is 5.89 Å². The van der Waals surface area contributed by atoms with Gasteiger partial charge in [0.05, 0.1) is 6.61 Å². The first kappa shape index (κ1) is 11.4. The summed E-state index contributed by atoms with van der Waals surface area (Å²) in [5.74, 6) is 2.37. The molecule has 5 heteroatoms. The Bertz CT molecular complexity index is 482. The van der Waals surface area contributed by atoms with Crippen LogP contribution in [0.1, 0.15) is 18.7 Å². The molecule has 0 spiro atoms. The molecule has 0 amide bonds. The molecule has 0 bridgehead atoms. The third-order valence-corrected chi connectivity index (χ3v) is 2.07. The van der Waals surface area contributed by atoms with E-state index in [1.807, 2.05) is 31.2 Å². The van der Waals surface area contributed by atoms with Crippen molar-refractivity contribution in [3.8, 4) is 11.5 Å². The largest absolute Gasteiger partial charge is 0.490 e. The van der Waals surface area contributed by atoms with Crippen LogP contribution in [-0.2, 0) is 6.61 Å². The van der Waals surface area contributed by atoms with Crippen molar-refractivity contribution < 1.29 is 13.9 Å². The lowest BCUT2D eigenvalue weighted by atomic mass is 10.3. The summed E-state index contributed by atoms with van der Waals surface area (Å²) < 4.78 is 16.2. The van der Waals surface area contributed by atoms with Gasteiger partial charge in [0.25, 0.3) is 5.89 Å². The topological polar surface area (TPSA) is 57.4 Å². The van der Waals surface area contributed by atoms with Gasteiger partial charge in [-0.25, -0.2) is 0 Å². The van der Waals surface area contributed by atoms with Crippen molar-refractivity contribution in [2.45, 2.75) is 20.5 Å². The van der Waals surface area contributed by atoms with Crippen LogP contribution in [-0.4, -0.2) is 16.8 Å². The third kappa shape index (κ3) is 2.96. The van der Waals surface area contributed by atoms with E-state index in [9.17, 15) is 0 Å². The summed E-state index contributed by atoms with van der Waals surface area (Å²) in [6, 6.07) is 7.48. The maximum Gasteiger partial charge on any atom is 0.253 e. The Morgan fingerprint density at radius 2 is 1.82 bits per heavy atom. The molecule has 0 radical (unpaired) electrons. The number of benzene rings is 1. The van der Waals surface area contributed by atoms with Crippen LogP contribution in [0.4, 0.5) is 0 Å². The van der Waals surface area contributed by atoms with Crippen molar-refractivity contribution in [2.75, 3.05) is 6.61 Å². The fourth-order valence-corrected chi connectivity index (χ4v) is 1.38.